The maximum absolute atomic E-state index is 12.2. The molecule has 3 aromatic rings. The van der Waals surface area contributed by atoms with E-state index in [2.05, 4.69) is 15.3 Å². The van der Waals surface area contributed by atoms with Gasteiger partial charge in [-0.1, -0.05) is 35.5 Å². The number of nitrogens with zero attached hydrogens (tertiary/aromatic N) is 2. The first-order valence-electron chi connectivity index (χ1n) is 9.96. The third-order valence-electron chi connectivity index (χ3n) is 4.92. The van der Waals surface area contributed by atoms with Crippen molar-refractivity contribution < 1.29 is 19.0 Å². The van der Waals surface area contributed by atoms with Gasteiger partial charge < -0.3 is 19.5 Å². The lowest BCUT2D eigenvalue weighted by atomic mass is 10.0. The molecule has 0 saturated heterocycles. The van der Waals surface area contributed by atoms with Gasteiger partial charge in [0, 0.05) is 23.7 Å². The van der Waals surface area contributed by atoms with Crippen molar-refractivity contribution in [1.29, 1.82) is 0 Å². The molecule has 0 radical (unpaired) electrons. The van der Waals surface area contributed by atoms with Gasteiger partial charge in [-0.15, -0.1) is 0 Å². The predicted octanol–water partition coefficient (Wildman–Crippen LogP) is 4.03. The number of ether oxygens (including phenoxy) is 3. The Hall–Kier alpha value is -2.97. The molecule has 2 aromatic carbocycles. The summed E-state index contributed by atoms with van der Waals surface area (Å²) in [5, 5.41) is 4.08. The summed E-state index contributed by atoms with van der Waals surface area (Å²) in [7, 11) is 1.56. The third kappa shape index (κ3) is 5.08. The van der Waals surface area contributed by atoms with Crippen LogP contribution in [0, 0.1) is 0 Å². The van der Waals surface area contributed by atoms with Gasteiger partial charge in [0.2, 0.25) is 0 Å². The highest BCUT2D eigenvalue weighted by molar-refractivity contribution is 7.98. The van der Waals surface area contributed by atoms with E-state index in [0.717, 1.165) is 16.8 Å². The normalized spacial score (nSPS) is 14.4. The van der Waals surface area contributed by atoms with E-state index in [1.165, 1.54) is 11.8 Å². The summed E-state index contributed by atoms with van der Waals surface area (Å²) in [4.78, 5) is 21.0. The van der Waals surface area contributed by atoms with Gasteiger partial charge in [-0.05, 0) is 36.6 Å². The topological polar surface area (TPSA) is 82.6 Å². The largest absolute Gasteiger partial charge is 0.493 e. The van der Waals surface area contributed by atoms with Gasteiger partial charge in [-0.2, -0.15) is 0 Å². The second-order valence-electron chi connectivity index (χ2n) is 7.06. The molecule has 0 bridgehead atoms. The summed E-state index contributed by atoms with van der Waals surface area (Å²) in [5.74, 6) is 1.50. The van der Waals surface area contributed by atoms with Gasteiger partial charge in [0.25, 0.3) is 5.91 Å². The molecule has 1 atom stereocenters. The molecule has 0 fully saturated rings. The van der Waals surface area contributed by atoms with Crippen LogP contribution < -0.4 is 19.5 Å². The van der Waals surface area contributed by atoms with E-state index in [1.807, 2.05) is 36.6 Å². The highest BCUT2D eigenvalue weighted by Crippen LogP contribution is 2.39. The first-order valence-corrected chi connectivity index (χ1v) is 11.6. The Morgan fingerprint density at radius 3 is 2.88 bits per heavy atom. The lowest BCUT2D eigenvalue weighted by Crippen LogP contribution is -2.37. The number of hydrogen-bond donors (Lipinski definition) is 1. The molecular weight excluding hydrogens is 450 g/mol. The van der Waals surface area contributed by atoms with Crippen molar-refractivity contribution in [2.24, 2.45) is 0 Å². The van der Waals surface area contributed by atoms with E-state index in [1.54, 1.807) is 25.4 Å². The van der Waals surface area contributed by atoms with Crippen LogP contribution in [0.5, 0.6) is 17.2 Å². The number of amides is 1. The van der Waals surface area contributed by atoms with Crippen LogP contribution in [0.25, 0.3) is 11.3 Å². The molecule has 1 aliphatic rings. The Balaban J connectivity index is 1.35. The fourth-order valence-corrected chi connectivity index (χ4v) is 4.05. The average molecular weight is 472 g/mol. The molecule has 2 heterocycles. The molecule has 4 rings (SSSR count). The van der Waals surface area contributed by atoms with Crippen molar-refractivity contribution in [2.45, 2.75) is 17.7 Å². The van der Waals surface area contributed by atoms with Crippen LogP contribution in [0.1, 0.15) is 5.56 Å². The van der Waals surface area contributed by atoms with Gasteiger partial charge >= 0.3 is 0 Å². The standard InChI is InChI=1S/C23H22ClN3O4S/c1-29-19-5-3-4-6-20(19)30-13-21(28)26-12-16-10-15-9-14(11-17(24)22(15)31-16)18-7-8-25-23(27-18)32-2/h3-9,11,16H,10,12-13H2,1-2H3,(H,26,28)/t16-/m0/s1. The van der Waals surface area contributed by atoms with Crippen molar-refractivity contribution >= 4 is 29.3 Å². The molecule has 0 saturated carbocycles. The van der Waals surface area contributed by atoms with E-state index in [4.69, 9.17) is 25.8 Å². The average Bonchev–Trinajstić information content (AvgIpc) is 3.25. The molecule has 1 N–H and O–H groups in total. The number of carbonyl (C=O) groups excluding carboxylic acids is 1. The number of fused-ring (bicyclic) bond motifs is 1. The van der Waals surface area contributed by atoms with Gasteiger partial charge in [-0.3, -0.25) is 4.79 Å². The lowest BCUT2D eigenvalue weighted by Gasteiger charge is -2.13. The molecule has 9 heteroatoms. The number of hydrogen-bond acceptors (Lipinski definition) is 7. The molecule has 1 aromatic heterocycles. The number of aromatic nitrogens is 2. The number of para-hydroxylation sites is 2. The molecule has 7 nitrogen and oxygen atoms in total. The molecule has 0 spiro atoms. The molecule has 0 unspecified atom stereocenters. The highest BCUT2D eigenvalue weighted by Gasteiger charge is 2.26. The Morgan fingerprint density at radius 1 is 1.28 bits per heavy atom. The van der Waals surface area contributed by atoms with Crippen LogP contribution in [0.4, 0.5) is 0 Å². The van der Waals surface area contributed by atoms with Crippen LogP contribution in [-0.2, 0) is 11.2 Å². The second-order valence-corrected chi connectivity index (χ2v) is 8.24. The van der Waals surface area contributed by atoms with Crippen LogP contribution in [-0.4, -0.2) is 48.5 Å². The minimum Gasteiger partial charge on any atom is -0.493 e. The van der Waals surface area contributed by atoms with E-state index < -0.39 is 0 Å². The van der Waals surface area contributed by atoms with Crippen molar-refractivity contribution in [3.63, 3.8) is 0 Å². The van der Waals surface area contributed by atoms with Crippen LogP contribution in [0.15, 0.2) is 53.8 Å². The van der Waals surface area contributed by atoms with Crippen molar-refractivity contribution in [3.05, 3.63) is 59.2 Å². The van der Waals surface area contributed by atoms with E-state index in [0.29, 0.717) is 40.4 Å². The van der Waals surface area contributed by atoms with Crippen molar-refractivity contribution in [2.75, 3.05) is 26.5 Å². The van der Waals surface area contributed by atoms with Gasteiger partial charge in [0.15, 0.2) is 23.3 Å². The zero-order chi connectivity index (χ0) is 22.5. The molecular formula is C23H22ClN3O4S. The summed E-state index contributed by atoms with van der Waals surface area (Å²) in [5.41, 5.74) is 2.70. The first kappa shape index (κ1) is 22.2. The zero-order valence-corrected chi connectivity index (χ0v) is 19.2. The number of carbonyl (C=O) groups is 1. The maximum atomic E-state index is 12.2. The Labute approximate surface area is 195 Å². The van der Waals surface area contributed by atoms with E-state index in [9.17, 15) is 4.79 Å². The monoisotopic (exact) mass is 471 g/mol. The van der Waals surface area contributed by atoms with Gasteiger partial charge in [-0.25, -0.2) is 9.97 Å². The van der Waals surface area contributed by atoms with Gasteiger partial charge in [0.1, 0.15) is 11.9 Å². The highest BCUT2D eigenvalue weighted by atomic mass is 35.5. The third-order valence-corrected chi connectivity index (χ3v) is 5.76. The fourth-order valence-electron chi connectivity index (χ4n) is 3.41. The number of methoxy groups -OCH3 is 1. The van der Waals surface area contributed by atoms with Crippen molar-refractivity contribution in [3.8, 4) is 28.5 Å². The number of thioether (sulfide) groups is 1. The predicted molar refractivity (Wildman–Crippen MR) is 124 cm³/mol. The number of halogens is 1. The Morgan fingerprint density at radius 2 is 2.09 bits per heavy atom. The fraction of sp³-hybridized carbons (Fsp3) is 0.261. The molecule has 32 heavy (non-hydrogen) atoms. The molecule has 1 aliphatic heterocycles. The summed E-state index contributed by atoms with van der Waals surface area (Å²) >= 11 is 7.96. The number of nitrogens with one attached hydrogen (secondary N) is 1. The van der Waals surface area contributed by atoms with Crippen molar-refractivity contribution in [1.82, 2.24) is 15.3 Å². The molecule has 166 valence electrons. The molecule has 0 aliphatic carbocycles. The van der Waals surface area contributed by atoms with Crippen LogP contribution >= 0.6 is 23.4 Å². The summed E-state index contributed by atoms with van der Waals surface area (Å²) in [6, 6.07) is 12.9. The molecule has 1 amide bonds. The van der Waals surface area contributed by atoms with E-state index in [-0.39, 0.29) is 18.6 Å². The van der Waals surface area contributed by atoms with Crippen LogP contribution in [0.2, 0.25) is 5.02 Å². The summed E-state index contributed by atoms with van der Waals surface area (Å²) < 4.78 is 16.8. The maximum Gasteiger partial charge on any atom is 0.258 e. The lowest BCUT2D eigenvalue weighted by molar-refractivity contribution is -0.123. The van der Waals surface area contributed by atoms with Crippen LogP contribution in [0.3, 0.4) is 0 Å². The minimum absolute atomic E-state index is 0.115. The summed E-state index contributed by atoms with van der Waals surface area (Å²) in [6.45, 7) is 0.231. The van der Waals surface area contributed by atoms with Gasteiger partial charge in [0.05, 0.1) is 24.4 Å². The Bertz CT molecular complexity index is 1130. The van der Waals surface area contributed by atoms with E-state index >= 15 is 0 Å². The minimum atomic E-state index is -0.243. The second kappa shape index (κ2) is 10.1. The number of benzene rings is 2. The quantitative estimate of drug-likeness (QED) is 0.392. The number of rotatable bonds is 8. The smallest absolute Gasteiger partial charge is 0.258 e. The Kier molecular flexibility index (Phi) is 7.02. The summed E-state index contributed by atoms with van der Waals surface area (Å²) in [6.07, 6.45) is 4.09. The SMILES string of the molecule is COc1ccccc1OCC(=O)NC[C@@H]1Cc2cc(-c3ccnc(SC)n3)cc(Cl)c2O1. The zero-order valence-electron chi connectivity index (χ0n) is 17.6. The first-order chi connectivity index (χ1) is 15.6.